The van der Waals surface area contributed by atoms with Crippen LogP contribution in [0.4, 0.5) is 0 Å². The number of hydrogen-bond acceptors (Lipinski definition) is 8. The smallest absolute Gasteiger partial charge is 0.244 e. The molecule has 0 aromatic carbocycles. The molecule has 7 unspecified atom stereocenters. The number of ether oxygens (including phenoxy) is 4. The second kappa shape index (κ2) is 7.27. The fraction of sp³-hybridized carbons (Fsp3) is 0.739. The summed E-state index contributed by atoms with van der Waals surface area (Å²) in [6, 6.07) is -0.106. The molecule has 8 nitrogen and oxygen atoms in total. The Balaban J connectivity index is 1.31. The van der Waals surface area contributed by atoms with Crippen molar-refractivity contribution in [3.8, 4) is 0 Å². The molecule has 33 heavy (non-hydrogen) atoms. The van der Waals surface area contributed by atoms with Crippen molar-refractivity contribution in [2.24, 2.45) is 11.3 Å². The minimum Gasteiger partial charge on any atom is -0.347 e. The number of rotatable bonds is 3. The quantitative estimate of drug-likeness (QED) is 0.283. The summed E-state index contributed by atoms with van der Waals surface area (Å²) in [5.41, 5.74) is 2.17. The molecule has 0 aromatic rings. The molecule has 6 fully saturated rings. The summed E-state index contributed by atoms with van der Waals surface area (Å²) in [7, 11) is 1.25. The van der Waals surface area contributed by atoms with Crippen molar-refractivity contribution in [1.82, 2.24) is 4.90 Å². The Morgan fingerprint density at radius 1 is 1.30 bits per heavy atom. The molecule has 178 valence electrons. The lowest BCUT2D eigenvalue weighted by Gasteiger charge is -2.62. The van der Waals surface area contributed by atoms with Gasteiger partial charge in [0.1, 0.15) is 12.2 Å². The number of nitrogens with zero attached hydrogens (tertiary/aromatic N) is 1. The largest absolute Gasteiger partial charge is 0.347 e. The van der Waals surface area contributed by atoms with Crippen molar-refractivity contribution in [2.75, 3.05) is 13.2 Å². The number of amides is 1. The average molecular weight is 587 g/mol. The third-order valence-corrected chi connectivity index (χ3v) is 10.3. The maximum Gasteiger partial charge on any atom is 0.244 e. The van der Waals surface area contributed by atoms with Gasteiger partial charge in [-0.05, 0) is 36.8 Å². The van der Waals surface area contributed by atoms with Crippen molar-refractivity contribution >= 4 is 42.6 Å². The van der Waals surface area contributed by atoms with Crippen LogP contribution in [-0.4, -0.2) is 66.4 Å². The van der Waals surface area contributed by atoms with Gasteiger partial charge in [0.15, 0.2) is 11.6 Å². The molecule has 2 spiro atoms. The number of halogens is 1. The Labute approximate surface area is 208 Å². The van der Waals surface area contributed by atoms with E-state index in [1.165, 1.54) is 14.8 Å². The van der Waals surface area contributed by atoms with Gasteiger partial charge in [0, 0.05) is 51.5 Å². The number of carbonyl (C=O) groups is 2. The van der Waals surface area contributed by atoms with E-state index < -0.39 is 17.8 Å². The van der Waals surface area contributed by atoms with Crippen LogP contribution in [0.5, 0.6) is 0 Å². The number of fused-ring (bicyclic) bond motifs is 3. The summed E-state index contributed by atoms with van der Waals surface area (Å²) >= 11 is 2.10. The Morgan fingerprint density at radius 2 is 2.12 bits per heavy atom. The fourth-order valence-electron chi connectivity index (χ4n) is 7.91. The third kappa shape index (κ3) is 2.66. The molecule has 1 amide bonds. The zero-order chi connectivity index (χ0) is 22.6. The molecule has 4 saturated heterocycles. The second-order valence-electron chi connectivity index (χ2n) is 10.5. The summed E-state index contributed by atoms with van der Waals surface area (Å²) in [6.07, 6.45) is 5.97. The van der Waals surface area contributed by atoms with Crippen molar-refractivity contribution in [1.29, 1.82) is 0 Å². The first-order chi connectivity index (χ1) is 16.0. The molecule has 2 saturated carbocycles. The van der Waals surface area contributed by atoms with Crippen LogP contribution in [0, 0.1) is 11.3 Å². The average Bonchev–Trinajstić information content (AvgIpc) is 3.33. The Bertz CT molecular complexity index is 995. The van der Waals surface area contributed by atoms with E-state index in [1.807, 2.05) is 0 Å². The van der Waals surface area contributed by atoms with Gasteiger partial charge < -0.3 is 18.9 Å². The maximum atomic E-state index is 13.7. The summed E-state index contributed by atoms with van der Waals surface area (Å²) in [5, 5.41) is 0. The van der Waals surface area contributed by atoms with E-state index >= 15 is 0 Å². The molecule has 4 aliphatic carbocycles. The molecule has 7 atom stereocenters. The van der Waals surface area contributed by atoms with Gasteiger partial charge in [-0.25, -0.2) is 0 Å². The Hall–Kier alpha value is -0.500. The lowest BCUT2D eigenvalue weighted by atomic mass is 9.63. The minimum absolute atomic E-state index is 0.106. The maximum absolute atomic E-state index is 13.7. The van der Waals surface area contributed by atoms with Crippen LogP contribution in [0.3, 0.4) is 0 Å². The highest BCUT2D eigenvalue weighted by Gasteiger charge is 2.67. The molecule has 10 heteroatoms. The molecular formula is C23H26INO7S. The van der Waals surface area contributed by atoms with Crippen molar-refractivity contribution in [3.63, 3.8) is 0 Å². The molecule has 0 N–H and O–H groups in total. The third-order valence-electron chi connectivity index (χ3n) is 9.38. The number of ketones is 1. The van der Waals surface area contributed by atoms with Crippen molar-refractivity contribution < 1.29 is 32.7 Å². The monoisotopic (exact) mass is 587 g/mol. The van der Waals surface area contributed by atoms with Crippen LogP contribution in [0.15, 0.2) is 22.8 Å². The van der Waals surface area contributed by atoms with Gasteiger partial charge in [-0.2, -0.15) is 0 Å². The first-order valence-electron chi connectivity index (χ1n) is 11.7. The lowest BCUT2D eigenvalue weighted by molar-refractivity contribution is -0.377. The predicted molar refractivity (Wildman–Crippen MR) is 125 cm³/mol. The molecule has 4 bridgehead atoms. The normalized spacial score (nSPS) is 46.8. The number of carbonyl (C=O) groups excluding carboxylic acids is 2. The molecular weight excluding hydrogens is 561 g/mol. The van der Waals surface area contributed by atoms with Crippen LogP contribution in [0.1, 0.15) is 45.4 Å². The van der Waals surface area contributed by atoms with Crippen molar-refractivity contribution in [2.45, 2.75) is 81.5 Å². The molecule has 4 heterocycles. The van der Waals surface area contributed by atoms with Crippen LogP contribution < -0.4 is 0 Å². The molecule has 0 radical (unpaired) electrons. The van der Waals surface area contributed by atoms with Gasteiger partial charge >= 0.3 is 0 Å². The first kappa shape index (κ1) is 21.8. The van der Waals surface area contributed by atoms with Gasteiger partial charge in [0.2, 0.25) is 12.8 Å². The number of hydrogen-bond donors (Lipinski definition) is 0. The summed E-state index contributed by atoms with van der Waals surface area (Å²) < 4.78 is 31.0. The van der Waals surface area contributed by atoms with E-state index in [0.717, 1.165) is 43.2 Å². The zero-order valence-corrected chi connectivity index (χ0v) is 21.3. The van der Waals surface area contributed by atoms with Crippen LogP contribution in [-0.2, 0) is 32.7 Å². The molecule has 8 rings (SSSR count). The topological polar surface area (TPSA) is 83.5 Å². The van der Waals surface area contributed by atoms with E-state index in [4.69, 9.17) is 23.1 Å². The van der Waals surface area contributed by atoms with Gasteiger partial charge in [-0.15, -0.1) is 0 Å². The van der Waals surface area contributed by atoms with Crippen LogP contribution in [0.2, 0.25) is 0 Å². The highest BCUT2D eigenvalue weighted by atomic mass is 127. The number of allylic oxidation sites excluding steroid dienone is 3. The van der Waals surface area contributed by atoms with E-state index in [2.05, 4.69) is 34.2 Å². The molecule has 8 aliphatic rings. The highest BCUT2D eigenvalue weighted by Crippen LogP contribution is 2.64. The van der Waals surface area contributed by atoms with Gasteiger partial charge in [0.25, 0.3) is 0 Å². The predicted octanol–water partition coefficient (Wildman–Crippen LogP) is 3.20. The standard InChI is InChI=1S/C23H26INO7S/c1-21-10-17(27)13-8-15-18-19(32-33-24)16-9-22(15,31-20(30-18)25(16)11-26)4-2-12(13)14(21)3-5-23(21)28-6-7-29-23/h8,11,14,16,18-20H,2-7,9-10H2,1H3. The van der Waals surface area contributed by atoms with E-state index in [0.29, 0.717) is 26.1 Å². The highest BCUT2D eigenvalue weighted by molar-refractivity contribution is 14.2. The number of Topliss-reactive ketones (excluding diaryl/α,β-unsaturated/α-hetero) is 1. The molecule has 4 aliphatic heterocycles. The van der Waals surface area contributed by atoms with E-state index in [1.54, 1.807) is 4.90 Å². The Morgan fingerprint density at radius 3 is 2.88 bits per heavy atom. The van der Waals surface area contributed by atoms with E-state index in [9.17, 15) is 9.59 Å². The van der Waals surface area contributed by atoms with Gasteiger partial charge in [-0.3, -0.25) is 18.7 Å². The van der Waals surface area contributed by atoms with Crippen molar-refractivity contribution in [3.05, 3.63) is 22.8 Å². The second-order valence-corrected chi connectivity index (χ2v) is 11.9. The zero-order valence-electron chi connectivity index (χ0n) is 18.3. The first-order valence-corrected chi connectivity index (χ1v) is 15.0. The van der Waals surface area contributed by atoms with Crippen LogP contribution >= 0.6 is 30.4 Å². The van der Waals surface area contributed by atoms with Gasteiger partial charge in [-0.1, -0.05) is 12.5 Å². The molecule has 0 aromatic heterocycles. The summed E-state index contributed by atoms with van der Waals surface area (Å²) in [5.74, 6) is -0.248. The van der Waals surface area contributed by atoms with Gasteiger partial charge in [0.05, 0.1) is 34.1 Å². The lowest BCUT2D eigenvalue weighted by Crippen LogP contribution is -2.74. The SMILES string of the molecule is CC12CC(=O)C3=C(CCC45CC6C(OSI)C(OC(O4)N6C=O)C5=C3)C1CCC21OCCO1. The van der Waals surface area contributed by atoms with Crippen LogP contribution in [0.25, 0.3) is 0 Å². The van der Waals surface area contributed by atoms with E-state index in [-0.39, 0.29) is 35.4 Å². The minimum atomic E-state index is -0.700. The fourth-order valence-corrected chi connectivity index (χ4v) is 8.94. The summed E-state index contributed by atoms with van der Waals surface area (Å²) in [4.78, 5) is 27.1. The summed E-state index contributed by atoms with van der Waals surface area (Å²) in [6.45, 7) is 3.36. The Kier molecular flexibility index (Phi) is 4.79.